The van der Waals surface area contributed by atoms with Gasteiger partial charge in [0, 0.05) is 31.0 Å². The third-order valence-electron chi connectivity index (χ3n) is 2.93. The average Bonchev–Trinajstić information content (AvgIpc) is 2.43. The quantitative estimate of drug-likeness (QED) is 0.757. The maximum Gasteiger partial charge on any atom is 0.225 e. The van der Waals surface area contributed by atoms with Gasteiger partial charge < -0.3 is 16.0 Å². The summed E-state index contributed by atoms with van der Waals surface area (Å²) in [6, 6.07) is 7.06. The number of amides is 1. The van der Waals surface area contributed by atoms with Crippen molar-refractivity contribution in [2.75, 3.05) is 30.7 Å². The Morgan fingerprint density at radius 3 is 2.90 bits per heavy atom. The number of hydrogen-bond acceptors (Lipinski definition) is 4. The predicted octanol–water partition coefficient (Wildman–Crippen LogP) is 2.49. The maximum absolute atomic E-state index is 11.9. The van der Waals surface area contributed by atoms with Crippen molar-refractivity contribution in [3.63, 3.8) is 0 Å². The van der Waals surface area contributed by atoms with Crippen molar-refractivity contribution in [2.24, 2.45) is 0 Å². The summed E-state index contributed by atoms with van der Waals surface area (Å²) in [7, 11) is 0. The van der Waals surface area contributed by atoms with E-state index in [4.69, 9.17) is 22.6 Å². The number of nitrogen functional groups attached to an aromatic ring is 1. The molecule has 1 aromatic rings. The van der Waals surface area contributed by atoms with Crippen LogP contribution in [0.2, 0.25) is 5.02 Å². The molecule has 0 aromatic heterocycles. The molecule has 0 aliphatic carbocycles. The van der Waals surface area contributed by atoms with Gasteiger partial charge in [-0.15, -0.1) is 0 Å². The molecule has 0 spiro atoms. The molecule has 0 aliphatic heterocycles. The maximum atomic E-state index is 11.9. The second kappa shape index (κ2) is 8.41. The lowest BCUT2D eigenvalue weighted by Gasteiger charge is -2.18. The molecule has 0 fully saturated rings. The van der Waals surface area contributed by atoms with Crippen molar-refractivity contribution in [2.45, 2.75) is 19.8 Å². The van der Waals surface area contributed by atoms with Crippen LogP contribution in [-0.4, -0.2) is 30.4 Å². The van der Waals surface area contributed by atoms with Crippen molar-refractivity contribution in [1.82, 2.24) is 4.90 Å². The van der Waals surface area contributed by atoms with Crippen molar-refractivity contribution < 1.29 is 4.79 Å². The Balaban J connectivity index is 2.47. The number of benzene rings is 1. The number of nitrogens with zero attached hydrogens (tertiary/aromatic N) is 2. The molecule has 1 rings (SSSR count). The summed E-state index contributed by atoms with van der Waals surface area (Å²) in [6.45, 7) is 4.11. The van der Waals surface area contributed by atoms with Gasteiger partial charge in [0.05, 0.1) is 17.4 Å². The molecule has 1 aromatic carbocycles. The Hall–Kier alpha value is -1.77. The molecule has 108 valence electrons. The topological polar surface area (TPSA) is 82.2 Å². The minimum Gasteiger partial charge on any atom is -0.397 e. The van der Waals surface area contributed by atoms with Crippen LogP contribution in [0.5, 0.6) is 0 Å². The van der Waals surface area contributed by atoms with Crippen LogP contribution < -0.4 is 11.1 Å². The van der Waals surface area contributed by atoms with Gasteiger partial charge >= 0.3 is 0 Å². The molecule has 0 heterocycles. The van der Waals surface area contributed by atoms with Gasteiger partial charge in [0.25, 0.3) is 0 Å². The highest BCUT2D eigenvalue weighted by molar-refractivity contribution is 6.31. The third kappa shape index (κ3) is 5.47. The van der Waals surface area contributed by atoms with Crippen LogP contribution >= 0.6 is 11.6 Å². The lowest BCUT2D eigenvalue weighted by molar-refractivity contribution is -0.116. The first-order chi connectivity index (χ1) is 9.56. The minimum absolute atomic E-state index is 0.116. The fourth-order valence-corrected chi connectivity index (χ4v) is 1.92. The Morgan fingerprint density at radius 2 is 2.25 bits per heavy atom. The van der Waals surface area contributed by atoms with E-state index in [1.165, 1.54) is 0 Å². The Kier molecular flexibility index (Phi) is 6.85. The van der Waals surface area contributed by atoms with Gasteiger partial charge in [0.15, 0.2) is 0 Å². The first-order valence-electron chi connectivity index (χ1n) is 6.51. The van der Waals surface area contributed by atoms with E-state index >= 15 is 0 Å². The second-order valence-electron chi connectivity index (χ2n) is 4.37. The first kappa shape index (κ1) is 16.3. The van der Waals surface area contributed by atoms with Crippen molar-refractivity contribution in [3.8, 4) is 6.07 Å². The lowest BCUT2D eigenvalue weighted by Crippen LogP contribution is -2.28. The Morgan fingerprint density at radius 1 is 1.50 bits per heavy atom. The lowest BCUT2D eigenvalue weighted by atomic mass is 10.2. The number of anilines is 2. The number of rotatable bonds is 7. The molecule has 3 N–H and O–H groups in total. The number of carbonyl (C=O) groups excluding carboxylic acids is 1. The first-order valence-corrected chi connectivity index (χ1v) is 6.88. The number of carbonyl (C=O) groups is 1. The molecule has 0 radical (unpaired) electrons. The smallest absolute Gasteiger partial charge is 0.225 e. The summed E-state index contributed by atoms with van der Waals surface area (Å²) < 4.78 is 0. The van der Waals surface area contributed by atoms with Crippen LogP contribution in [0.4, 0.5) is 11.4 Å². The van der Waals surface area contributed by atoms with Gasteiger partial charge in [-0.05, 0) is 24.7 Å². The summed E-state index contributed by atoms with van der Waals surface area (Å²) in [6.07, 6.45) is 0.821. The van der Waals surface area contributed by atoms with Gasteiger partial charge in [0.1, 0.15) is 0 Å². The van der Waals surface area contributed by atoms with Crippen molar-refractivity contribution in [1.29, 1.82) is 5.26 Å². The Labute approximate surface area is 124 Å². The van der Waals surface area contributed by atoms with E-state index in [9.17, 15) is 4.79 Å². The largest absolute Gasteiger partial charge is 0.397 e. The van der Waals surface area contributed by atoms with Crippen LogP contribution in [0, 0.1) is 11.3 Å². The standard InChI is InChI=1S/C14H19ClN4O/c1-2-19(8-3-7-16)9-6-14(20)18-13-10-11(15)4-5-12(13)17/h4-5,10H,2-3,6,8-9,17H2,1H3,(H,18,20). The highest BCUT2D eigenvalue weighted by atomic mass is 35.5. The van der Waals surface area contributed by atoms with Crippen LogP contribution in [0.3, 0.4) is 0 Å². The zero-order valence-electron chi connectivity index (χ0n) is 11.5. The summed E-state index contributed by atoms with van der Waals surface area (Å²) >= 11 is 5.86. The molecule has 1 amide bonds. The number of halogens is 1. The van der Waals surface area contributed by atoms with Crippen molar-refractivity contribution >= 4 is 28.9 Å². The van der Waals surface area contributed by atoms with Gasteiger partial charge in [-0.3, -0.25) is 4.79 Å². The summed E-state index contributed by atoms with van der Waals surface area (Å²) in [4.78, 5) is 13.9. The fraction of sp³-hybridized carbons (Fsp3) is 0.429. The van der Waals surface area contributed by atoms with E-state index in [0.29, 0.717) is 42.3 Å². The number of nitrogens with two attached hydrogens (primary N) is 1. The molecule has 0 bridgehead atoms. The molecule has 0 atom stereocenters. The molecule has 20 heavy (non-hydrogen) atoms. The minimum atomic E-state index is -0.116. The van der Waals surface area contributed by atoms with Gasteiger partial charge in [-0.1, -0.05) is 18.5 Å². The van der Waals surface area contributed by atoms with Gasteiger partial charge in [-0.2, -0.15) is 5.26 Å². The molecule has 6 heteroatoms. The molecule has 0 saturated carbocycles. The van der Waals surface area contributed by atoms with Gasteiger partial charge in [0.2, 0.25) is 5.91 Å². The van der Waals surface area contributed by atoms with E-state index in [-0.39, 0.29) is 5.91 Å². The molecular formula is C14H19ClN4O. The number of nitrogens with one attached hydrogen (secondary N) is 1. The SMILES string of the molecule is CCN(CCC#N)CCC(=O)Nc1cc(Cl)ccc1N. The van der Waals surface area contributed by atoms with Crippen LogP contribution in [0.15, 0.2) is 18.2 Å². The molecule has 5 nitrogen and oxygen atoms in total. The van der Waals surface area contributed by atoms with E-state index in [1.807, 2.05) is 6.92 Å². The van der Waals surface area contributed by atoms with Crippen LogP contribution in [0.25, 0.3) is 0 Å². The van der Waals surface area contributed by atoms with E-state index < -0.39 is 0 Å². The molecule has 0 aliphatic rings. The summed E-state index contributed by atoms with van der Waals surface area (Å²) in [5.74, 6) is -0.116. The van der Waals surface area contributed by atoms with Crippen LogP contribution in [-0.2, 0) is 4.79 Å². The number of nitriles is 1. The fourth-order valence-electron chi connectivity index (χ4n) is 1.75. The molecular weight excluding hydrogens is 276 g/mol. The van der Waals surface area contributed by atoms with E-state index in [2.05, 4.69) is 16.3 Å². The Bertz CT molecular complexity index is 498. The summed E-state index contributed by atoms with van der Waals surface area (Å²) in [5.41, 5.74) is 6.78. The molecule has 0 unspecified atom stereocenters. The highest BCUT2D eigenvalue weighted by Crippen LogP contribution is 2.22. The second-order valence-corrected chi connectivity index (χ2v) is 4.81. The van der Waals surface area contributed by atoms with E-state index in [1.54, 1.807) is 18.2 Å². The third-order valence-corrected chi connectivity index (χ3v) is 3.17. The highest BCUT2D eigenvalue weighted by Gasteiger charge is 2.08. The number of hydrogen-bond donors (Lipinski definition) is 2. The molecule has 0 saturated heterocycles. The summed E-state index contributed by atoms with van der Waals surface area (Å²) in [5, 5.41) is 11.8. The normalized spacial score (nSPS) is 10.3. The zero-order valence-corrected chi connectivity index (χ0v) is 12.3. The average molecular weight is 295 g/mol. The van der Waals surface area contributed by atoms with E-state index in [0.717, 1.165) is 6.54 Å². The predicted molar refractivity (Wildman–Crippen MR) is 81.5 cm³/mol. The van der Waals surface area contributed by atoms with Gasteiger partial charge in [-0.25, -0.2) is 0 Å². The monoisotopic (exact) mass is 294 g/mol. The zero-order chi connectivity index (χ0) is 15.0. The van der Waals surface area contributed by atoms with Crippen LogP contribution in [0.1, 0.15) is 19.8 Å². The van der Waals surface area contributed by atoms with Crippen molar-refractivity contribution in [3.05, 3.63) is 23.2 Å².